The Morgan fingerprint density at radius 3 is 2.82 bits per heavy atom. The summed E-state index contributed by atoms with van der Waals surface area (Å²) in [5, 5.41) is 4.79. The maximum absolute atomic E-state index is 13.2. The minimum atomic E-state index is -0.200. The molecule has 7 nitrogen and oxygen atoms in total. The minimum Gasteiger partial charge on any atom is -0.469 e. The van der Waals surface area contributed by atoms with Crippen molar-refractivity contribution < 1.29 is 9.21 Å². The van der Waals surface area contributed by atoms with Crippen molar-refractivity contribution >= 4 is 17.2 Å². The maximum Gasteiger partial charge on any atom is 0.277 e. The minimum absolute atomic E-state index is 0.0458. The first-order valence-corrected chi connectivity index (χ1v) is 10.0. The van der Waals surface area contributed by atoms with Crippen molar-refractivity contribution in [2.45, 2.75) is 40.2 Å². The summed E-state index contributed by atoms with van der Waals surface area (Å²) in [6.45, 7) is 6.76. The van der Waals surface area contributed by atoms with Gasteiger partial charge in [-0.15, -0.1) is 11.3 Å². The van der Waals surface area contributed by atoms with Crippen LogP contribution in [0.2, 0.25) is 0 Å². The highest BCUT2D eigenvalue weighted by Gasteiger charge is 2.26. The zero-order valence-electron chi connectivity index (χ0n) is 16.4. The molecule has 4 heterocycles. The Bertz CT molecular complexity index is 1130. The van der Waals surface area contributed by atoms with Crippen molar-refractivity contribution in [1.29, 1.82) is 0 Å². The van der Waals surface area contributed by atoms with Crippen LogP contribution in [0.25, 0.3) is 10.6 Å². The van der Waals surface area contributed by atoms with E-state index in [2.05, 4.69) is 10.1 Å². The quantitative estimate of drug-likeness (QED) is 0.663. The Morgan fingerprint density at radius 1 is 1.25 bits per heavy atom. The zero-order valence-corrected chi connectivity index (χ0v) is 17.2. The maximum atomic E-state index is 13.2. The molecular weight excluding hydrogens is 376 g/mol. The Labute approximate surface area is 166 Å². The van der Waals surface area contributed by atoms with Crippen LogP contribution < -0.4 is 5.56 Å². The SMILES string of the molecule is Cc1nc(-c2c(C)c(C)nn(C)c2=O)sc1C(=O)N1CCCc2occc2C1. The molecule has 0 unspecified atom stereocenters. The normalized spacial score (nSPS) is 14.1. The van der Waals surface area contributed by atoms with E-state index in [0.717, 1.165) is 35.4 Å². The summed E-state index contributed by atoms with van der Waals surface area (Å²) in [5.74, 6) is 0.916. The highest BCUT2D eigenvalue weighted by molar-refractivity contribution is 7.17. The van der Waals surface area contributed by atoms with Crippen LogP contribution >= 0.6 is 11.3 Å². The van der Waals surface area contributed by atoms with Gasteiger partial charge in [0.2, 0.25) is 0 Å². The Kier molecular flexibility index (Phi) is 4.66. The molecule has 4 rings (SSSR count). The third-order valence-corrected chi connectivity index (χ3v) is 6.41. The molecular formula is C20H22N4O3S. The number of hydrogen-bond acceptors (Lipinski definition) is 6. The fourth-order valence-electron chi connectivity index (χ4n) is 3.56. The molecule has 0 fully saturated rings. The predicted molar refractivity (Wildman–Crippen MR) is 107 cm³/mol. The van der Waals surface area contributed by atoms with E-state index in [9.17, 15) is 9.59 Å². The molecule has 0 spiro atoms. The highest BCUT2D eigenvalue weighted by Crippen LogP contribution is 2.30. The number of carbonyl (C=O) groups excluding carboxylic acids is 1. The van der Waals surface area contributed by atoms with E-state index in [1.54, 1.807) is 13.3 Å². The molecule has 28 heavy (non-hydrogen) atoms. The largest absolute Gasteiger partial charge is 0.469 e. The Hall–Kier alpha value is -2.74. The third-order valence-electron chi connectivity index (χ3n) is 5.25. The van der Waals surface area contributed by atoms with Gasteiger partial charge in [0, 0.05) is 32.1 Å². The topological polar surface area (TPSA) is 81.2 Å². The number of rotatable bonds is 2. The van der Waals surface area contributed by atoms with E-state index in [0.29, 0.717) is 34.2 Å². The number of aromatic nitrogens is 3. The summed E-state index contributed by atoms with van der Waals surface area (Å²) in [7, 11) is 1.63. The molecule has 1 aliphatic heterocycles. The lowest BCUT2D eigenvalue weighted by Crippen LogP contribution is -2.30. The van der Waals surface area contributed by atoms with Gasteiger partial charge in [-0.25, -0.2) is 9.67 Å². The average Bonchev–Trinajstić information content (AvgIpc) is 3.20. The number of fused-ring (bicyclic) bond motifs is 1. The van der Waals surface area contributed by atoms with E-state index < -0.39 is 0 Å². The number of amides is 1. The molecule has 0 aliphatic carbocycles. The van der Waals surface area contributed by atoms with Crippen LogP contribution in [-0.2, 0) is 20.0 Å². The summed E-state index contributed by atoms with van der Waals surface area (Å²) in [4.78, 5) is 32.9. The molecule has 0 saturated carbocycles. The summed E-state index contributed by atoms with van der Waals surface area (Å²) in [6.07, 6.45) is 3.38. The second-order valence-corrected chi connectivity index (χ2v) is 8.15. The van der Waals surface area contributed by atoms with E-state index in [-0.39, 0.29) is 11.5 Å². The molecule has 0 bridgehead atoms. The standard InChI is InChI=1S/C20H22N4O3S/c1-11-12(2)22-23(4)19(25)16(11)18-21-13(3)17(28-18)20(26)24-8-5-6-15-14(10-24)7-9-27-15/h7,9H,5-6,8,10H2,1-4H3. The van der Waals surface area contributed by atoms with Crippen LogP contribution in [0.1, 0.15) is 44.4 Å². The monoisotopic (exact) mass is 398 g/mol. The number of aryl methyl sites for hydroxylation is 4. The molecule has 0 atom stereocenters. The smallest absolute Gasteiger partial charge is 0.277 e. The molecule has 0 N–H and O–H groups in total. The lowest BCUT2D eigenvalue weighted by molar-refractivity contribution is 0.0750. The molecule has 0 aromatic carbocycles. The lowest BCUT2D eigenvalue weighted by atomic mass is 10.1. The van der Waals surface area contributed by atoms with Gasteiger partial charge in [-0.2, -0.15) is 5.10 Å². The van der Waals surface area contributed by atoms with Crippen LogP contribution in [0.5, 0.6) is 0 Å². The van der Waals surface area contributed by atoms with Gasteiger partial charge in [0.25, 0.3) is 11.5 Å². The van der Waals surface area contributed by atoms with Crippen LogP contribution in [0.15, 0.2) is 21.5 Å². The van der Waals surface area contributed by atoms with Crippen LogP contribution in [0.4, 0.5) is 0 Å². The Balaban J connectivity index is 1.71. The van der Waals surface area contributed by atoms with Gasteiger partial charge >= 0.3 is 0 Å². The fraction of sp³-hybridized carbons (Fsp3) is 0.400. The molecule has 0 radical (unpaired) electrons. The molecule has 8 heteroatoms. The van der Waals surface area contributed by atoms with Gasteiger partial charge < -0.3 is 9.32 Å². The number of carbonyl (C=O) groups is 1. The highest BCUT2D eigenvalue weighted by atomic mass is 32.1. The lowest BCUT2D eigenvalue weighted by Gasteiger charge is -2.19. The number of furan rings is 1. The number of hydrogen-bond donors (Lipinski definition) is 0. The zero-order chi connectivity index (χ0) is 20.0. The first-order valence-electron chi connectivity index (χ1n) is 9.23. The van der Waals surface area contributed by atoms with Gasteiger partial charge in [0.1, 0.15) is 15.6 Å². The van der Waals surface area contributed by atoms with Crippen LogP contribution in [0.3, 0.4) is 0 Å². The predicted octanol–water partition coefficient (Wildman–Crippen LogP) is 3.01. The van der Waals surface area contributed by atoms with E-state index in [1.807, 2.05) is 31.7 Å². The van der Waals surface area contributed by atoms with Crippen molar-refractivity contribution in [2.75, 3.05) is 6.54 Å². The van der Waals surface area contributed by atoms with Crippen molar-refractivity contribution in [3.05, 3.63) is 55.8 Å². The van der Waals surface area contributed by atoms with Gasteiger partial charge in [-0.05, 0) is 38.8 Å². The van der Waals surface area contributed by atoms with Crippen LogP contribution in [0, 0.1) is 20.8 Å². The third kappa shape index (κ3) is 3.07. The van der Waals surface area contributed by atoms with Gasteiger partial charge in [0.15, 0.2) is 0 Å². The summed E-state index contributed by atoms with van der Waals surface area (Å²) < 4.78 is 6.84. The fourth-order valence-corrected chi connectivity index (χ4v) is 4.69. The van der Waals surface area contributed by atoms with Crippen molar-refractivity contribution in [3.63, 3.8) is 0 Å². The number of thiazole rings is 1. The first-order chi connectivity index (χ1) is 13.4. The van der Waals surface area contributed by atoms with E-state index in [4.69, 9.17) is 4.42 Å². The van der Waals surface area contributed by atoms with Crippen molar-refractivity contribution in [3.8, 4) is 10.6 Å². The van der Waals surface area contributed by atoms with Crippen molar-refractivity contribution in [1.82, 2.24) is 19.7 Å². The van der Waals surface area contributed by atoms with Gasteiger partial charge in [0.05, 0.1) is 23.2 Å². The van der Waals surface area contributed by atoms with Gasteiger partial charge in [-0.1, -0.05) is 0 Å². The average molecular weight is 398 g/mol. The molecule has 1 amide bonds. The van der Waals surface area contributed by atoms with E-state index in [1.165, 1.54) is 16.0 Å². The molecule has 0 saturated heterocycles. The summed E-state index contributed by atoms with van der Waals surface area (Å²) in [5.41, 5.74) is 3.61. The van der Waals surface area contributed by atoms with Gasteiger partial charge in [-0.3, -0.25) is 9.59 Å². The molecule has 3 aromatic heterocycles. The molecule has 3 aromatic rings. The van der Waals surface area contributed by atoms with Crippen molar-refractivity contribution in [2.24, 2.45) is 7.05 Å². The number of nitrogens with zero attached hydrogens (tertiary/aromatic N) is 4. The summed E-state index contributed by atoms with van der Waals surface area (Å²) >= 11 is 1.28. The Morgan fingerprint density at radius 2 is 2.04 bits per heavy atom. The van der Waals surface area contributed by atoms with E-state index >= 15 is 0 Å². The first kappa shape index (κ1) is 18.6. The second-order valence-electron chi connectivity index (χ2n) is 7.15. The van der Waals surface area contributed by atoms with Crippen LogP contribution in [-0.4, -0.2) is 32.1 Å². The second kappa shape index (κ2) is 7.01. The summed E-state index contributed by atoms with van der Waals surface area (Å²) in [6, 6.07) is 1.93. The molecule has 1 aliphatic rings. The molecule has 146 valence electrons.